The molecule has 0 unspecified atom stereocenters. The van der Waals surface area contributed by atoms with E-state index in [4.69, 9.17) is 5.11 Å². The second kappa shape index (κ2) is 7.20. The summed E-state index contributed by atoms with van der Waals surface area (Å²) >= 11 is 0. The van der Waals surface area contributed by atoms with Crippen LogP contribution in [-0.2, 0) is 4.79 Å². The van der Waals surface area contributed by atoms with Crippen LogP contribution in [0.4, 0.5) is 10.5 Å². The summed E-state index contributed by atoms with van der Waals surface area (Å²) in [5.41, 5.74) is 1.45. The van der Waals surface area contributed by atoms with E-state index in [1.165, 1.54) is 6.08 Å². The molecule has 0 saturated heterocycles. The monoisotopic (exact) mass is 262 g/mol. The van der Waals surface area contributed by atoms with Gasteiger partial charge in [0.25, 0.3) is 0 Å². The SMILES string of the molecule is CCCN(C)C(=O)Nc1ccc(C=CC(=O)O)cc1. The standard InChI is InChI=1S/C14H18N2O3/c1-3-10-16(2)14(19)15-12-7-4-11(5-8-12)6-9-13(17)18/h4-9H,3,10H2,1-2H3,(H,15,19)(H,17,18). The van der Waals surface area contributed by atoms with Crippen LogP contribution in [0.3, 0.4) is 0 Å². The fraction of sp³-hybridized carbons (Fsp3) is 0.286. The molecule has 2 N–H and O–H groups in total. The Labute approximate surface area is 112 Å². The minimum Gasteiger partial charge on any atom is -0.478 e. The summed E-state index contributed by atoms with van der Waals surface area (Å²) in [5.74, 6) is -0.987. The number of anilines is 1. The summed E-state index contributed by atoms with van der Waals surface area (Å²) in [6.07, 6.45) is 3.47. The minimum atomic E-state index is -0.987. The van der Waals surface area contributed by atoms with Gasteiger partial charge in [0.2, 0.25) is 0 Å². The van der Waals surface area contributed by atoms with Gasteiger partial charge in [-0.05, 0) is 30.2 Å². The molecule has 0 aliphatic rings. The van der Waals surface area contributed by atoms with Crippen molar-refractivity contribution in [1.82, 2.24) is 4.90 Å². The first-order valence-corrected chi connectivity index (χ1v) is 6.06. The maximum Gasteiger partial charge on any atom is 0.328 e. The topological polar surface area (TPSA) is 69.6 Å². The third-order valence-electron chi connectivity index (χ3n) is 2.49. The van der Waals surface area contributed by atoms with Gasteiger partial charge < -0.3 is 15.3 Å². The van der Waals surface area contributed by atoms with Crippen molar-refractivity contribution in [2.45, 2.75) is 13.3 Å². The van der Waals surface area contributed by atoms with E-state index in [0.717, 1.165) is 18.1 Å². The molecule has 0 fully saturated rings. The first-order valence-electron chi connectivity index (χ1n) is 6.06. The Morgan fingerprint density at radius 1 is 1.32 bits per heavy atom. The molecular formula is C14H18N2O3. The van der Waals surface area contributed by atoms with E-state index in [9.17, 15) is 9.59 Å². The van der Waals surface area contributed by atoms with Crippen molar-refractivity contribution in [2.24, 2.45) is 0 Å². The van der Waals surface area contributed by atoms with Crippen molar-refractivity contribution in [3.63, 3.8) is 0 Å². The van der Waals surface area contributed by atoms with Crippen LogP contribution in [0.5, 0.6) is 0 Å². The highest BCUT2D eigenvalue weighted by Crippen LogP contribution is 2.11. The first-order chi connectivity index (χ1) is 9.02. The number of carbonyl (C=O) groups excluding carboxylic acids is 1. The molecule has 102 valence electrons. The van der Waals surface area contributed by atoms with Gasteiger partial charge in [-0.1, -0.05) is 19.1 Å². The molecule has 0 aliphatic heterocycles. The predicted molar refractivity (Wildman–Crippen MR) is 75.1 cm³/mol. The molecule has 0 saturated carbocycles. The number of hydrogen-bond donors (Lipinski definition) is 2. The van der Waals surface area contributed by atoms with Gasteiger partial charge in [0, 0.05) is 25.4 Å². The molecule has 0 aliphatic carbocycles. The molecule has 0 radical (unpaired) electrons. The smallest absolute Gasteiger partial charge is 0.328 e. The van der Waals surface area contributed by atoms with Gasteiger partial charge in [0.1, 0.15) is 0 Å². The summed E-state index contributed by atoms with van der Waals surface area (Å²) in [6, 6.07) is 6.80. The van der Waals surface area contributed by atoms with Crippen molar-refractivity contribution in [3.05, 3.63) is 35.9 Å². The highest BCUT2D eigenvalue weighted by Gasteiger charge is 2.06. The molecule has 19 heavy (non-hydrogen) atoms. The lowest BCUT2D eigenvalue weighted by molar-refractivity contribution is -0.131. The summed E-state index contributed by atoms with van der Waals surface area (Å²) in [4.78, 5) is 23.7. The van der Waals surface area contributed by atoms with E-state index in [1.54, 1.807) is 36.2 Å². The molecule has 1 aromatic rings. The lowest BCUT2D eigenvalue weighted by Gasteiger charge is -2.16. The van der Waals surface area contributed by atoms with Crippen molar-refractivity contribution in [2.75, 3.05) is 18.9 Å². The Kier molecular flexibility index (Phi) is 5.60. The molecule has 1 aromatic carbocycles. The highest BCUT2D eigenvalue weighted by molar-refractivity contribution is 5.89. The third kappa shape index (κ3) is 5.25. The van der Waals surface area contributed by atoms with Crippen LogP contribution < -0.4 is 5.32 Å². The van der Waals surface area contributed by atoms with E-state index < -0.39 is 5.97 Å². The van der Waals surface area contributed by atoms with Crippen LogP contribution in [0.15, 0.2) is 30.3 Å². The van der Waals surface area contributed by atoms with Crippen LogP contribution in [0.25, 0.3) is 6.08 Å². The molecule has 1 rings (SSSR count). The summed E-state index contributed by atoms with van der Waals surface area (Å²) in [5, 5.41) is 11.3. The number of amides is 2. The summed E-state index contributed by atoms with van der Waals surface area (Å²) in [6.45, 7) is 2.71. The number of carbonyl (C=O) groups is 2. The molecule has 5 nitrogen and oxygen atoms in total. The molecule has 5 heteroatoms. The molecule has 2 amide bonds. The molecule has 0 spiro atoms. The Balaban J connectivity index is 2.62. The maximum atomic E-state index is 11.7. The maximum absolute atomic E-state index is 11.7. The van der Waals surface area contributed by atoms with Crippen LogP contribution >= 0.6 is 0 Å². The zero-order valence-corrected chi connectivity index (χ0v) is 11.1. The van der Waals surface area contributed by atoms with Crippen molar-refractivity contribution < 1.29 is 14.7 Å². The summed E-state index contributed by atoms with van der Waals surface area (Å²) in [7, 11) is 1.74. The van der Waals surface area contributed by atoms with Crippen LogP contribution in [-0.4, -0.2) is 35.6 Å². The van der Waals surface area contributed by atoms with Gasteiger partial charge >= 0.3 is 12.0 Å². The van der Waals surface area contributed by atoms with Gasteiger partial charge in [0.15, 0.2) is 0 Å². The number of aliphatic carboxylic acids is 1. The number of carboxylic acid groups (broad SMARTS) is 1. The van der Waals surface area contributed by atoms with E-state index in [1.807, 2.05) is 6.92 Å². The zero-order chi connectivity index (χ0) is 14.3. The molecule has 0 heterocycles. The van der Waals surface area contributed by atoms with Gasteiger partial charge in [-0.2, -0.15) is 0 Å². The van der Waals surface area contributed by atoms with E-state index in [0.29, 0.717) is 12.2 Å². The van der Waals surface area contributed by atoms with Gasteiger partial charge in [-0.15, -0.1) is 0 Å². The average molecular weight is 262 g/mol. The number of hydrogen-bond acceptors (Lipinski definition) is 2. The average Bonchev–Trinajstić information content (AvgIpc) is 2.38. The van der Waals surface area contributed by atoms with E-state index in [-0.39, 0.29) is 6.03 Å². The quantitative estimate of drug-likeness (QED) is 0.801. The van der Waals surface area contributed by atoms with Gasteiger partial charge in [-0.3, -0.25) is 0 Å². The molecule has 0 atom stereocenters. The van der Waals surface area contributed by atoms with Gasteiger partial charge in [-0.25, -0.2) is 9.59 Å². The third-order valence-corrected chi connectivity index (χ3v) is 2.49. The second-order valence-electron chi connectivity index (χ2n) is 4.15. The number of urea groups is 1. The normalized spacial score (nSPS) is 10.4. The van der Waals surface area contributed by atoms with Crippen molar-refractivity contribution in [1.29, 1.82) is 0 Å². The number of nitrogens with one attached hydrogen (secondary N) is 1. The lowest BCUT2D eigenvalue weighted by atomic mass is 10.2. The van der Waals surface area contributed by atoms with Crippen LogP contribution in [0.2, 0.25) is 0 Å². The van der Waals surface area contributed by atoms with E-state index >= 15 is 0 Å². The lowest BCUT2D eigenvalue weighted by Crippen LogP contribution is -2.31. The summed E-state index contributed by atoms with van der Waals surface area (Å²) < 4.78 is 0. The predicted octanol–water partition coefficient (Wildman–Crippen LogP) is 2.66. The Morgan fingerprint density at radius 3 is 2.47 bits per heavy atom. The Bertz CT molecular complexity index is 466. The number of nitrogens with zero attached hydrogens (tertiary/aromatic N) is 1. The van der Waals surface area contributed by atoms with Crippen molar-refractivity contribution >= 4 is 23.8 Å². The molecule has 0 aromatic heterocycles. The Morgan fingerprint density at radius 2 is 1.95 bits per heavy atom. The van der Waals surface area contributed by atoms with Crippen molar-refractivity contribution in [3.8, 4) is 0 Å². The van der Waals surface area contributed by atoms with Crippen LogP contribution in [0.1, 0.15) is 18.9 Å². The Hall–Kier alpha value is -2.30. The molecule has 0 bridgehead atoms. The highest BCUT2D eigenvalue weighted by atomic mass is 16.4. The van der Waals surface area contributed by atoms with Gasteiger partial charge in [0.05, 0.1) is 0 Å². The fourth-order valence-electron chi connectivity index (χ4n) is 1.50. The largest absolute Gasteiger partial charge is 0.478 e. The fourth-order valence-corrected chi connectivity index (χ4v) is 1.50. The first kappa shape index (κ1) is 14.8. The number of rotatable bonds is 5. The minimum absolute atomic E-state index is 0.157. The number of benzene rings is 1. The molecular weight excluding hydrogens is 244 g/mol. The van der Waals surface area contributed by atoms with Crippen LogP contribution in [0, 0.1) is 0 Å². The zero-order valence-electron chi connectivity index (χ0n) is 11.1. The van der Waals surface area contributed by atoms with E-state index in [2.05, 4.69) is 5.32 Å². The second-order valence-corrected chi connectivity index (χ2v) is 4.15. The number of carboxylic acids is 1.